The number of carbonyl (C=O) groups is 1. The lowest BCUT2D eigenvalue weighted by atomic mass is 10.6. The van der Waals surface area contributed by atoms with Gasteiger partial charge in [-0.3, -0.25) is 4.79 Å². The van der Waals surface area contributed by atoms with Crippen LogP contribution in [-0.4, -0.2) is 11.3 Å². The Kier molecular flexibility index (Phi) is 1.34. The molecule has 1 heterocycles. The fraction of sp³-hybridized carbons (Fsp3) is 0. The maximum Gasteiger partial charge on any atom is 0.234 e. The van der Waals surface area contributed by atoms with Crippen LogP contribution in [0.2, 0.25) is 0 Å². The first-order valence-electron chi connectivity index (χ1n) is 1.88. The molecule has 0 spiro atoms. The monoisotopic (exact) mass is 131 g/mol. The standard InChI is InChI=1S/C4H2FNOS/c5-4-3(1-7)8-2-6-4/h1-2H. The largest absolute Gasteiger partial charge is 0.297 e. The van der Waals surface area contributed by atoms with E-state index in [9.17, 15) is 9.18 Å². The number of halogens is 1. The summed E-state index contributed by atoms with van der Waals surface area (Å²) in [4.78, 5) is 13.1. The number of hydrogen-bond acceptors (Lipinski definition) is 3. The van der Waals surface area contributed by atoms with E-state index >= 15 is 0 Å². The predicted octanol–water partition coefficient (Wildman–Crippen LogP) is 1.09. The van der Waals surface area contributed by atoms with Gasteiger partial charge in [0.1, 0.15) is 4.88 Å². The van der Waals surface area contributed by atoms with Crippen molar-refractivity contribution in [2.24, 2.45) is 0 Å². The van der Waals surface area contributed by atoms with Crippen LogP contribution in [0.3, 0.4) is 0 Å². The van der Waals surface area contributed by atoms with Crippen molar-refractivity contribution in [2.75, 3.05) is 0 Å². The second-order valence-electron chi connectivity index (χ2n) is 1.13. The van der Waals surface area contributed by atoms with Gasteiger partial charge in [-0.2, -0.15) is 4.39 Å². The van der Waals surface area contributed by atoms with E-state index in [2.05, 4.69) is 4.98 Å². The Hall–Kier alpha value is -0.770. The summed E-state index contributed by atoms with van der Waals surface area (Å²) in [5.74, 6) is -0.676. The average Bonchev–Trinajstić information content (AvgIpc) is 2.14. The Morgan fingerprint density at radius 3 is 2.88 bits per heavy atom. The highest BCUT2D eigenvalue weighted by atomic mass is 32.1. The summed E-state index contributed by atoms with van der Waals surface area (Å²) in [5.41, 5.74) is 1.29. The second kappa shape index (κ2) is 2.00. The molecule has 0 saturated carbocycles. The molecule has 0 atom stereocenters. The van der Waals surface area contributed by atoms with E-state index in [0.29, 0.717) is 6.29 Å². The molecular weight excluding hydrogens is 129 g/mol. The zero-order valence-corrected chi connectivity index (χ0v) is 4.61. The van der Waals surface area contributed by atoms with Crippen molar-refractivity contribution in [3.63, 3.8) is 0 Å². The molecule has 0 N–H and O–H groups in total. The lowest BCUT2D eigenvalue weighted by molar-refractivity contribution is 0.112. The molecule has 0 aromatic carbocycles. The number of rotatable bonds is 1. The van der Waals surface area contributed by atoms with Crippen molar-refractivity contribution in [1.82, 2.24) is 4.98 Å². The van der Waals surface area contributed by atoms with Gasteiger partial charge in [-0.15, -0.1) is 11.3 Å². The smallest absolute Gasteiger partial charge is 0.234 e. The Balaban J connectivity index is 3.09. The number of aromatic nitrogens is 1. The zero-order valence-electron chi connectivity index (χ0n) is 3.80. The number of carbonyl (C=O) groups excluding carboxylic acids is 1. The van der Waals surface area contributed by atoms with Gasteiger partial charge < -0.3 is 0 Å². The maximum absolute atomic E-state index is 12.0. The van der Waals surface area contributed by atoms with Crippen molar-refractivity contribution >= 4 is 17.6 Å². The van der Waals surface area contributed by atoms with Crippen LogP contribution in [-0.2, 0) is 0 Å². The molecule has 8 heavy (non-hydrogen) atoms. The molecular formula is C4H2FNOS. The molecule has 0 radical (unpaired) electrons. The first-order chi connectivity index (χ1) is 3.84. The summed E-state index contributed by atoms with van der Waals surface area (Å²) >= 11 is 0.995. The normalized spacial score (nSPS) is 9.12. The second-order valence-corrected chi connectivity index (χ2v) is 2.01. The lowest BCUT2D eigenvalue weighted by Gasteiger charge is -1.72. The van der Waals surface area contributed by atoms with Crippen molar-refractivity contribution < 1.29 is 9.18 Å². The quantitative estimate of drug-likeness (QED) is 0.534. The molecule has 0 aliphatic rings. The van der Waals surface area contributed by atoms with Gasteiger partial charge in [0, 0.05) is 0 Å². The van der Waals surface area contributed by atoms with Gasteiger partial charge in [-0.05, 0) is 0 Å². The summed E-state index contributed by atoms with van der Waals surface area (Å²) < 4.78 is 12.0. The SMILES string of the molecule is O=Cc1scnc1F. The molecule has 0 bridgehead atoms. The molecule has 1 aromatic heterocycles. The van der Waals surface area contributed by atoms with Crippen LogP contribution in [0.1, 0.15) is 9.67 Å². The third kappa shape index (κ3) is 0.742. The minimum atomic E-state index is -0.676. The van der Waals surface area contributed by atoms with Crippen LogP contribution >= 0.6 is 11.3 Å². The van der Waals surface area contributed by atoms with Crippen LogP contribution in [0.4, 0.5) is 4.39 Å². The molecule has 0 saturated heterocycles. The summed E-state index contributed by atoms with van der Waals surface area (Å²) in [7, 11) is 0. The third-order valence-corrected chi connectivity index (χ3v) is 1.39. The average molecular weight is 131 g/mol. The van der Waals surface area contributed by atoms with E-state index in [-0.39, 0.29) is 4.88 Å². The van der Waals surface area contributed by atoms with E-state index in [1.807, 2.05) is 0 Å². The van der Waals surface area contributed by atoms with Crippen molar-refractivity contribution in [2.45, 2.75) is 0 Å². The van der Waals surface area contributed by atoms with Gasteiger partial charge in [0.05, 0.1) is 5.51 Å². The fourth-order valence-corrected chi connectivity index (χ4v) is 0.782. The van der Waals surface area contributed by atoms with Crippen molar-refractivity contribution in [3.05, 3.63) is 16.3 Å². The number of hydrogen-bond donors (Lipinski definition) is 0. The number of thiazole rings is 1. The molecule has 2 nitrogen and oxygen atoms in total. The lowest BCUT2D eigenvalue weighted by Crippen LogP contribution is -1.77. The minimum Gasteiger partial charge on any atom is -0.297 e. The number of nitrogens with zero attached hydrogens (tertiary/aromatic N) is 1. The van der Waals surface area contributed by atoms with Crippen LogP contribution in [0.15, 0.2) is 5.51 Å². The summed E-state index contributed by atoms with van der Waals surface area (Å²) in [6.07, 6.45) is 0.451. The predicted molar refractivity (Wildman–Crippen MR) is 27.5 cm³/mol. The molecule has 1 rings (SSSR count). The Morgan fingerprint density at radius 1 is 1.88 bits per heavy atom. The van der Waals surface area contributed by atoms with Crippen molar-refractivity contribution in [1.29, 1.82) is 0 Å². The molecule has 0 aliphatic carbocycles. The van der Waals surface area contributed by atoms with Crippen LogP contribution < -0.4 is 0 Å². The highest BCUT2D eigenvalue weighted by molar-refractivity contribution is 7.11. The van der Waals surface area contributed by atoms with Gasteiger partial charge in [0.25, 0.3) is 0 Å². The highest BCUT2D eigenvalue weighted by Gasteiger charge is 2.00. The maximum atomic E-state index is 12.0. The summed E-state index contributed by atoms with van der Waals surface area (Å²) in [6, 6.07) is 0. The molecule has 1 aromatic rings. The van der Waals surface area contributed by atoms with Crippen LogP contribution in [0.25, 0.3) is 0 Å². The molecule has 42 valence electrons. The molecule has 0 aliphatic heterocycles. The molecule has 0 amide bonds. The van der Waals surface area contributed by atoms with E-state index in [1.165, 1.54) is 5.51 Å². The number of aldehydes is 1. The van der Waals surface area contributed by atoms with E-state index in [1.54, 1.807) is 0 Å². The van der Waals surface area contributed by atoms with E-state index in [0.717, 1.165) is 11.3 Å². The Labute approximate surface area is 49.0 Å². The summed E-state index contributed by atoms with van der Waals surface area (Å²) in [6.45, 7) is 0. The molecule has 0 unspecified atom stereocenters. The molecule has 0 fully saturated rings. The first-order valence-corrected chi connectivity index (χ1v) is 2.76. The van der Waals surface area contributed by atoms with E-state index in [4.69, 9.17) is 0 Å². The Bertz CT molecular complexity index is 198. The van der Waals surface area contributed by atoms with Crippen molar-refractivity contribution in [3.8, 4) is 0 Å². The summed E-state index contributed by atoms with van der Waals surface area (Å²) in [5, 5.41) is 0. The molecule has 4 heteroatoms. The van der Waals surface area contributed by atoms with Gasteiger partial charge in [-0.25, -0.2) is 4.98 Å². The van der Waals surface area contributed by atoms with E-state index < -0.39 is 5.95 Å². The third-order valence-electron chi connectivity index (χ3n) is 0.656. The minimum absolute atomic E-state index is 0.0602. The van der Waals surface area contributed by atoms with Gasteiger partial charge >= 0.3 is 0 Å². The van der Waals surface area contributed by atoms with Crippen LogP contribution in [0.5, 0.6) is 0 Å². The van der Waals surface area contributed by atoms with Gasteiger partial charge in [0.2, 0.25) is 5.95 Å². The first kappa shape index (κ1) is 5.37. The van der Waals surface area contributed by atoms with Gasteiger partial charge in [-0.1, -0.05) is 0 Å². The highest BCUT2D eigenvalue weighted by Crippen LogP contribution is 2.06. The van der Waals surface area contributed by atoms with Crippen LogP contribution in [0, 0.1) is 5.95 Å². The van der Waals surface area contributed by atoms with Gasteiger partial charge in [0.15, 0.2) is 6.29 Å². The Morgan fingerprint density at radius 2 is 2.62 bits per heavy atom. The zero-order chi connectivity index (χ0) is 5.98. The fourth-order valence-electron chi connectivity index (χ4n) is 0.318. The topological polar surface area (TPSA) is 30.0 Å².